The van der Waals surface area contributed by atoms with Crippen LogP contribution in [0.3, 0.4) is 0 Å². The number of rotatable bonds is 5. The van der Waals surface area contributed by atoms with Gasteiger partial charge in [-0.15, -0.1) is 0 Å². The quantitative estimate of drug-likeness (QED) is 0.820. The second kappa shape index (κ2) is 5.69. The van der Waals surface area contributed by atoms with Gasteiger partial charge in [-0.1, -0.05) is 45.0 Å². The van der Waals surface area contributed by atoms with Crippen LogP contribution in [-0.2, 0) is 4.79 Å². The highest BCUT2D eigenvalue weighted by atomic mass is 16.4. The molecule has 1 N–H and O–H groups in total. The second-order valence-corrected chi connectivity index (χ2v) is 4.28. The van der Waals surface area contributed by atoms with Gasteiger partial charge in [-0.05, 0) is 29.9 Å². The van der Waals surface area contributed by atoms with Crippen molar-refractivity contribution in [1.82, 2.24) is 0 Å². The first-order chi connectivity index (χ1) is 7.60. The summed E-state index contributed by atoms with van der Waals surface area (Å²) in [6, 6.07) is 8.00. The first-order valence-electron chi connectivity index (χ1n) is 5.92. The summed E-state index contributed by atoms with van der Waals surface area (Å²) in [7, 11) is 0. The first-order valence-corrected chi connectivity index (χ1v) is 5.92. The van der Waals surface area contributed by atoms with E-state index in [9.17, 15) is 4.79 Å². The number of carbonyl (C=O) groups is 1. The highest BCUT2D eigenvalue weighted by Crippen LogP contribution is 2.24. The Balaban J connectivity index is 2.89. The molecule has 0 saturated heterocycles. The number of carboxylic acids is 1. The third-order valence-electron chi connectivity index (χ3n) is 3.23. The molecule has 0 aliphatic heterocycles. The van der Waals surface area contributed by atoms with Crippen molar-refractivity contribution in [3.63, 3.8) is 0 Å². The predicted molar refractivity (Wildman–Crippen MR) is 65.8 cm³/mol. The SMILES string of the molecule is CCC(C)c1ccc(C(CC)C(=O)O)cc1. The molecule has 1 aromatic rings. The van der Waals surface area contributed by atoms with Gasteiger partial charge in [0.15, 0.2) is 0 Å². The molecule has 0 saturated carbocycles. The maximum atomic E-state index is 11.0. The average Bonchev–Trinajstić information content (AvgIpc) is 2.29. The molecule has 0 amide bonds. The molecule has 0 aromatic heterocycles. The minimum absolute atomic E-state index is 0.369. The summed E-state index contributed by atoms with van der Waals surface area (Å²) in [6.07, 6.45) is 1.74. The summed E-state index contributed by atoms with van der Waals surface area (Å²) in [5.41, 5.74) is 2.19. The summed E-state index contributed by atoms with van der Waals surface area (Å²) in [5, 5.41) is 9.05. The molecular formula is C14H20O2. The molecule has 88 valence electrons. The van der Waals surface area contributed by atoms with E-state index >= 15 is 0 Å². The summed E-state index contributed by atoms with van der Waals surface area (Å²) in [4.78, 5) is 11.0. The Kier molecular flexibility index (Phi) is 4.53. The predicted octanol–water partition coefficient (Wildman–Crippen LogP) is 3.78. The van der Waals surface area contributed by atoms with Crippen LogP contribution < -0.4 is 0 Å². The van der Waals surface area contributed by atoms with E-state index in [-0.39, 0.29) is 5.92 Å². The molecular weight excluding hydrogens is 200 g/mol. The van der Waals surface area contributed by atoms with Gasteiger partial charge >= 0.3 is 5.97 Å². The Hall–Kier alpha value is -1.31. The molecule has 0 fully saturated rings. The summed E-state index contributed by atoms with van der Waals surface area (Å²) < 4.78 is 0. The van der Waals surface area contributed by atoms with Gasteiger partial charge in [-0.25, -0.2) is 0 Å². The standard InChI is InChI=1S/C14H20O2/c1-4-10(3)11-6-8-12(9-7-11)13(5-2)14(15)16/h6-10,13H,4-5H2,1-3H3,(H,15,16). The van der Waals surface area contributed by atoms with Crippen molar-refractivity contribution >= 4 is 5.97 Å². The van der Waals surface area contributed by atoms with Crippen LogP contribution in [0.25, 0.3) is 0 Å². The van der Waals surface area contributed by atoms with Crippen LogP contribution in [0.5, 0.6) is 0 Å². The third-order valence-corrected chi connectivity index (χ3v) is 3.23. The molecule has 0 aliphatic rings. The van der Waals surface area contributed by atoms with Gasteiger partial charge in [-0.3, -0.25) is 4.79 Å². The van der Waals surface area contributed by atoms with Crippen LogP contribution in [-0.4, -0.2) is 11.1 Å². The molecule has 2 unspecified atom stereocenters. The zero-order valence-electron chi connectivity index (χ0n) is 10.2. The van der Waals surface area contributed by atoms with E-state index in [0.29, 0.717) is 12.3 Å². The van der Waals surface area contributed by atoms with Crippen LogP contribution in [0, 0.1) is 0 Å². The maximum absolute atomic E-state index is 11.0. The highest BCUT2D eigenvalue weighted by molar-refractivity contribution is 5.75. The molecule has 16 heavy (non-hydrogen) atoms. The van der Waals surface area contributed by atoms with Gasteiger partial charge in [0.25, 0.3) is 0 Å². The fourth-order valence-corrected chi connectivity index (χ4v) is 1.85. The lowest BCUT2D eigenvalue weighted by atomic mass is 9.92. The first kappa shape index (κ1) is 12.8. The molecule has 0 radical (unpaired) electrons. The van der Waals surface area contributed by atoms with Crippen LogP contribution in [0.15, 0.2) is 24.3 Å². The Morgan fingerprint density at radius 3 is 2.00 bits per heavy atom. The molecule has 0 bridgehead atoms. The van der Waals surface area contributed by atoms with Crippen LogP contribution in [0.4, 0.5) is 0 Å². The Morgan fingerprint density at radius 1 is 1.12 bits per heavy atom. The Morgan fingerprint density at radius 2 is 1.62 bits per heavy atom. The van der Waals surface area contributed by atoms with Crippen molar-refractivity contribution in [3.05, 3.63) is 35.4 Å². The minimum Gasteiger partial charge on any atom is -0.481 e. The van der Waals surface area contributed by atoms with Gasteiger partial charge in [-0.2, -0.15) is 0 Å². The Bertz CT molecular complexity index is 340. The van der Waals surface area contributed by atoms with E-state index < -0.39 is 5.97 Å². The fraction of sp³-hybridized carbons (Fsp3) is 0.500. The topological polar surface area (TPSA) is 37.3 Å². The Labute approximate surface area is 97.3 Å². The van der Waals surface area contributed by atoms with E-state index in [1.807, 2.05) is 19.1 Å². The molecule has 2 nitrogen and oxygen atoms in total. The van der Waals surface area contributed by atoms with Gasteiger partial charge in [0.2, 0.25) is 0 Å². The highest BCUT2D eigenvalue weighted by Gasteiger charge is 2.17. The summed E-state index contributed by atoms with van der Waals surface area (Å²) in [5.74, 6) is -0.566. The van der Waals surface area contributed by atoms with E-state index in [1.54, 1.807) is 0 Å². The summed E-state index contributed by atoms with van der Waals surface area (Å²) >= 11 is 0. The van der Waals surface area contributed by atoms with Crippen LogP contribution >= 0.6 is 0 Å². The lowest BCUT2D eigenvalue weighted by Gasteiger charge is -2.13. The monoisotopic (exact) mass is 220 g/mol. The van der Waals surface area contributed by atoms with Crippen molar-refractivity contribution in [2.75, 3.05) is 0 Å². The number of carboxylic acid groups (broad SMARTS) is 1. The van der Waals surface area contributed by atoms with Crippen molar-refractivity contribution in [3.8, 4) is 0 Å². The second-order valence-electron chi connectivity index (χ2n) is 4.28. The lowest BCUT2D eigenvalue weighted by Crippen LogP contribution is -2.10. The number of benzene rings is 1. The number of hydrogen-bond donors (Lipinski definition) is 1. The van der Waals surface area contributed by atoms with Gasteiger partial charge in [0.1, 0.15) is 0 Å². The van der Waals surface area contributed by atoms with Crippen LogP contribution in [0.1, 0.15) is 56.6 Å². The number of hydrogen-bond acceptors (Lipinski definition) is 1. The molecule has 2 atom stereocenters. The molecule has 0 spiro atoms. The van der Waals surface area contributed by atoms with E-state index in [0.717, 1.165) is 12.0 Å². The van der Waals surface area contributed by atoms with Crippen molar-refractivity contribution < 1.29 is 9.90 Å². The zero-order chi connectivity index (χ0) is 12.1. The van der Waals surface area contributed by atoms with Gasteiger partial charge in [0.05, 0.1) is 5.92 Å². The smallest absolute Gasteiger partial charge is 0.310 e. The largest absolute Gasteiger partial charge is 0.481 e. The van der Waals surface area contributed by atoms with Gasteiger partial charge in [0, 0.05) is 0 Å². The maximum Gasteiger partial charge on any atom is 0.310 e. The van der Waals surface area contributed by atoms with Crippen LogP contribution in [0.2, 0.25) is 0 Å². The minimum atomic E-state index is -0.737. The van der Waals surface area contributed by atoms with Crippen molar-refractivity contribution in [1.29, 1.82) is 0 Å². The summed E-state index contributed by atoms with van der Waals surface area (Å²) in [6.45, 7) is 6.25. The fourth-order valence-electron chi connectivity index (χ4n) is 1.85. The molecule has 0 aliphatic carbocycles. The molecule has 0 heterocycles. The van der Waals surface area contributed by atoms with Crippen molar-refractivity contribution in [2.24, 2.45) is 0 Å². The van der Waals surface area contributed by atoms with E-state index in [2.05, 4.69) is 26.0 Å². The van der Waals surface area contributed by atoms with Gasteiger partial charge < -0.3 is 5.11 Å². The van der Waals surface area contributed by atoms with E-state index in [1.165, 1.54) is 5.56 Å². The number of aliphatic carboxylic acids is 1. The van der Waals surface area contributed by atoms with E-state index in [4.69, 9.17) is 5.11 Å². The third kappa shape index (κ3) is 2.84. The molecule has 2 heteroatoms. The average molecular weight is 220 g/mol. The lowest BCUT2D eigenvalue weighted by molar-refractivity contribution is -0.138. The normalized spacial score (nSPS) is 14.4. The molecule has 1 aromatic carbocycles. The van der Waals surface area contributed by atoms with Crippen molar-refractivity contribution in [2.45, 2.75) is 45.4 Å². The zero-order valence-corrected chi connectivity index (χ0v) is 10.2. The molecule has 1 rings (SSSR count).